The van der Waals surface area contributed by atoms with E-state index in [-0.39, 0.29) is 5.69 Å². The van der Waals surface area contributed by atoms with Crippen molar-refractivity contribution in [2.75, 3.05) is 12.3 Å². The second-order valence-corrected chi connectivity index (χ2v) is 3.84. The molecule has 1 aromatic carbocycles. The molecule has 0 bridgehead atoms. The molecule has 0 amide bonds. The van der Waals surface area contributed by atoms with E-state index in [1.54, 1.807) is 23.0 Å². The average molecular weight is 245 g/mol. The van der Waals surface area contributed by atoms with Crippen molar-refractivity contribution in [3.05, 3.63) is 42.2 Å². The van der Waals surface area contributed by atoms with E-state index in [2.05, 4.69) is 5.10 Å². The Labute approximate surface area is 105 Å². The van der Waals surface area contributed by atoms with Crippen molar-refractivity contribution in [3.8, 4) is 5.69 Å². The highest BCUT2D eigenvalue weighted by atomic mass is 16.5. The number of para-hydroxylation sites is 2. The van der Waals surface area contributed by atoms with Crippen molar-refractivity contribution in [1.82, 2.24) is 9.78 Å². The fourth-order valence-electron chi connectivity index (χ4n) is 1.53. The summed E-state index contributed by atoms with van der Waals surface area (Å²) in [4.78, 5) is 11.6. The largest absolute Gasteiger partial charge is 0.461 e. The van der Waals surface area contributed by atoms with E-state index < -0.39 is 5.97 Å². The van der Waals surface area contributed by atoms with Crippen LogP contribution < -0.4 is 5.73 Å². The van der Waals surface area contributed by atoms with Crippen LogP contribution in [0.2, 0.25) is 0 Å². The van der Waals surface area contributed by atoms with Gasteiger partial charge in [0.05, 0.1) is 18.0 Å². The summed E-state index contributed by atoms with van der Waals surface area (Å²) in [7, 11) is 0. The Morgan fingerprint density at radius 2 is 2.17 bits per heavy atom. The van der Waals surface area contributed by atoms with Gasteiger partial charge in [0, 0.05) is 6.20 Å². The highest BCUT2D eigenvalue weighted by Gasteiger charge is 2.11. The fourth-order valence-corrected chi connectivity index (χ4v) is 1.53. The average Bonchev–Trinajstić information content (AvgIpc) is 2.86. The number of ether oxygens (including phenoxy) is 1. The van der Waals surface area contributed by atoms with E-state index in [0.717, 1.165) is 12.1 Å². The summed E-state index contributed by atoms with van der Waals surface area (Å²) in [5.41, 5.74) is 7.47. The first-order chi connectivity index (χ1) is 8.72. The third-order valence-corrected chi connectivity index (χ3v) is 2.42. The molecular formula is C13H15N3O2. The number of carbonyl (C=O) groups excluding carboxylic acids is 1. The van der Waals surface area contributed by atoms with Crippen LogP contribution in [-0.2, 0) is 4.74 Å². The summed E-state index contributed by atoms with van der Waals surface area (Å²) in [6, 6.07) is 8.95. The molecule has 0 fully saturated rings. The molecule has 0 aliphatic heterocycles. The summed E-state index contributed by atoms with van der Waals surface area (Å²) in [6.45, 7) is 2.34. The minimum Gasteiger partial charge on any atom is -0.461 e. The maximum absolute atomic E-state index is 11.6. The first-order valence-electron chi connectivity index (χ1n) is 5.80. The molecule has 0 radical (unpaired) electrons. The maximum Gasteiger partial charge on any atom is 0.358 e. The highest BCUT2D eigenvalue weighted by Crippen LogP contribution is 2.15. The van der Waals surface area contributed by atoms with Crippen LogP contribution in [0.5, 0.6) is 0 Å². The molecule has 0 saturated heterocycles. The van der Waals surface area contributed by atoms with E-state index in [9.17, 15) is 4.79 Å². The second-order valence-electron chi connectivity index (χ2n) is 3.84. The van der Waals surface area contributed by atoms with Crippen LogP contribution in [0.25, 0.3) is 5.69 Å². The molecule has 94 valence electrons. The first kappa shape index (κ1) is 12.2. The van der Waals surface area contributed by atoms with Crippen molar-refractivity contribution in [2.45, 2.75) is 13.3 Å². The van der Waals surface area contributed by atoms with Crippen LogP contribution in [0.15, 0.2) is 36.5 Å². The lowest BCUT2D eigenvalue weighted by atomic mass is 10.3. The molecular weight excluding hydrogens is 230 g/mol. The van der Waals surface area contributed by atoms with Crippen LogP contribution in [0, 0.1) is 0 Å². The number of aromatic nitrogens is 2. The number of benzene rings is 1. The number of hydrogen-bond donors (Lipinski definition) is 1. The van der Waals surface area contributed by atoms with E-state index in [4.69, 9.17) is 10.5 Å². The quantitative estimate of drug-likeness (QED) is 0.661. The molecule has 0 atom stereocenters. The summed E-state index contributed by atoms with van der Waals surface area (Å²) in [5, 5.41) is 4.16. The molecule has 2 N–H and O–H groups in total. The van der Waals surface area contributed by atoms with E-state index in [1.807, 2.05) is 25.1 Å². The van der Waals surface area contributed by atoms with Crippen LogP contribution in [0.1, 0.15) is 23.8 Å². The lowest BCUT2D eigenvalue weighted by molar-refractivity contribution is 0.0497. The van der Waals surface area contributed by atoms with Crippen molar-refractivity contribution < 1.29 is 9.53 Å². The highest BCUT2D eigenvalue weighted by molar-refractivity contribution is 5.87. The number of esters is 1. The Morgan fingerprint density at radius 3 is 2.89 bits per heavy atom. The van der Waals surface area contributed by atoms with Gasteiger partial charge in [0.25, 0.3) is 0 Å². The second kappa shape index (κ2) is 5.35. The van der Waals surface area contributed by atoms with Crippen LogP contribution in [0.3, 0.4) is 0 Å². The molecule has 0 aliphatic rings. The third kappa shape index (κ3) is 2.51. The topological polar surface area (TPSA) is 70.1 Å². The van der Waals surface area contributed by atoms with Gasteiger partial charge in [-0.25, -0.2) is 9.48 Å². The van der Waals surface area contributed by atoms with Gasteiger partial charge < -0.3 is 10.5 Å². The summed E-state index contributed by atoms with van der Waals surface area (Å²) >= 11 is 0. The number of nitrogens with two attached hydrogens (primary N) is 1. The van der Waals surface area contributed by atoms with Gasteiger partial charge in [-0.15, -0.1) is 0 Å². The third-order valence-electron chi connectivity index (χ3n) is 2.42. The predicted molar refractivity (Wildman–Crippen MR) is 68.5 cm³/mol. The normalized spacial score (nSPS) is 10.3. The summed E-state index contributed by atoms with van der Waals surface area (Å²) in [6.07, 6.45) is 2.48. The van der Waals surface area contributed by atoms with Crippen molar-refractivity contribution in [2.24, 2.45) is 0 Å². The SMILES string of the molecule is CCCOC(=O)c1ccn(-c2ccccc2N)n1. The number of nitrogen functional groups attached to an aromatic ring is 1. The standard InChI is InChI=1S/C13H15N3O2/c1-2-9-18-13(17)11-7-8-16(15-11)12-6-4-3-5-10(12)14/h3-8H,2,9,14H2,1H3. The van der Waals surface area contributed by atoms with Crippen LogP contribution >= 0.6 is 0 Å². The number of nitrogens with zero attached hydrogens (tertiary/aromatic N) is 2. The Balaban J connectivity index is 2.21. The minimum atomic E-state index is -0.412. The zero-order chi connectivity index (χ0) is 13.0. The number of carbonyl (C=O) groups is 1. The lowest BCUT2D eigenvalue weighted by Crippen LogP contribution is -2.08. The molecule has 2 rings (SSSR count). The van der Waals surface area contributed by atoms with Gasteiger partial charge in [-0.2, -0.15) is 5.10 Å². The van der Waals surface area contributed by atoms with Crippen LogP contribution in [0.4, 0.5) is 5.69 Å². The predicted octanol–water partition coefficient (Wildman–Crippen LogP) is 2.02. The molecule has 2 aromatic rings. The lowest BCUT2D eigenvalue weighted by Gasteiger charge is -2.04. The minimum absolute atomic E-state index is 0.284. The smallest absolute Gasteiger partial charge is 0.358 e. The molecule has 1 heterocycles. The number of hydrogen-bond acceptors (Lipinski definition) is 4. The van der Waals surface area contributed by atoms with Crippen molar-refractivity contribution in [1.29, 1.82) is 0 Å². The van der Waals surface area contributed by atoms with Gasteiger partial charge in [-0.3, -0.25) is 0 Å². The Morgan fingerprint density at radius 1 is 1.39 bits per heavy atom. The van der Waals surface area contributed by atoms with E-state index in [1.165, 1.54) is 0 Å². The van der Waals surface area contributed by atoms with E-state index in [0.29, 0.717) is 12.3 Å². The maximum atomic E-state index is 11.6. The van der Waals surface area contributed by atoms with Gasteiger partial charge in [0.2, 0.25) is 0 Å². The van der Waals surface area contributed by atoms with Gasteiger partial charge in [-0.05, 0) is 24.6 Å². The van der Waals surface area contributed by atoms with Gasteiger partial charge >= 0.3 is 5.97 Å². The molecule has 5 nitrogen and oxygen atoms in total. The van der Waals surface area contributed by atoms with Crippen molar-refractivity contribution >= 4 is 11.7 Å². The van der Waals surface area contributed by atoms with Gasteiger partial charge in [0.1, 0.15) is 0 Å². The summed E-state index contributed by atoms with van der Waals surface area (Å²) < 4.78 is 6.58. The molecule has 5 heteroatoms. The van der Waals surface area contributed by atoms with Gasteiger partial charge in [0.15, 0.2) is 5.69 Å². The molecule has 18 heavy (non-hydrogen) atoms. The number of anilines is 1. The Kier molecular flexibility index (Phi) is 3.62. The monoisotopic (exact) mass is 245 g/mol. The Hall–Kier alpha value is -2.30. The first-order valence-corrected chi connectivity index (χ1v) is 5.80. The van der Waals surface area contributed by atoms with E-state index >= 15 is 0 Å². The van der Waals surface area contributed by atoms with Crippen molar-refractivity contribution in [3.63, 3.8) is 0 Å². The number of rotatable bonds is 4. The molecule has 0 saturated carbocycles. The zero-order valence-electron chi connectivity index (χ0n) is 10.2. The molecule has 0 aliphatic carbocycles. The van der Waals surface area contributed by atoms with Gasteiger partial charge in [-0.1, -0.05) is 19.1 Å². The zero-order valence-corrected chi connectivity index (χ0v) is 10.2. The summed E-state index contributed by atoms with van der Waals surface area (Å²) in [5.74, 6) is -0.412. The molecule has 1 aromatic heterocycles. The fraction of sp³-hybridized carbons (Fsp3) is 0.231. The molecule has 0 unspecified atom stereocenters. The Bertz CT molecular complexity index is 549. The van der Waals surface area contributed by atoms with Crippen LogP contribution in [-0.4, -0.2) is 22.4 Å². The molecule has 0 spiro atoms.